The smallest absolute Gasteiger partial charge is 0.237 e. The molecule has 0 spiro atoms. The standard InChI is InChI=1S/C17H32N2O/c1-4-12(2)11-13(3)18-17(20)16-10-9-14-7-5-6-8-15(14)19-16/h12-16,19H,4-11H2,1-3H3,(H,18,20). The molecule has 1 aliphatic heterocycles. The zero-order valence-corrected chi connectivity index (χ0v) is 13.5. The fraction of sp³-hybridized carbons (Fsp3) is 0.941. The molecular formula is C17H32N2O. The van der Waals surface area contributed by atoms with Crippen LogP contribution >= 0.6 is 0 Å². The van der Waals surface area contributed by atoms with E-state index in [1.165, 1.54) is 38.5 Å². The van der Waals surface area contributed by atoms with E-state index in [9.17, 15) is 4.79 Å². The van der Waals surface area contributed by atoms with Crippen LogP contribution in [0.1, 0.15) is 72.1 Å². The fourth-order valence-electron chi connectivity index (χ4n) is 3.87. The molecule has 2 aliphatic rings. The van der Waals surface area contributed by atoms with Crippen LogP contribution in [0.2, 0.25) is 0 Å². The highest BCUT2D eigenvalue weighted by Gasteiger charge is 2.34. The molecule has 1 amide bonds. The van der Waals surface area contributed by atoms with E-state index in [0.717, 1.165) is 18.8 Å². The number of rotatable bonds is 5. The van der Waals surface area contributed by atoms with Gasteiger partial charge in [0.2, 0.25) is 5.91 Å². The highest BCUT2D eigenvalue weighted by Crippen LogP contribution is 2.32. The minimum absolute atomic E-state index is 0.0498. The molecular weight excluding hydrogens is 248 g/mol. The number of carbonyl (C=O) groups is 1. The topological polar surface area (TPSA) is 41.1 Å². The molecule has 0 bridgehead atoms. The van der Waals surface area contributed by atoms with E-state index in [2.05, 4.69) is 31.4 Å². The lowest BCUT2D eigenvalue weighted by molar-refractivity contribution is -0.125. The molecule has 5 atom stereocenters. The van der Waals surface area contributed by atoms with Crippen molar-refractivity contribution in [3.05, 3.63) is 0 Å². The molecule has 20 heavy (non-hydrogen) atoms. The average Bonchev–Trinajstić information content (AvgIpc) is 2.46. The van der Waals surface area contributed by atoms with Crippen molar-refractivity contribution in [1.29, 1.82) is 0 Å². The summed E-state index contributed by atoms with van der Waals surface area (Å²) in [4.78, 5) is 12.4. The van der Waals surface area contributed by atoms with E-state index in [0.29, 0.717) is 18.0 Å². The van der Waals surface area contributed by atoms with Crippen molar-refractivity contribution in [2.45, 2.75) is 90.3 Å². The van der Waals surface area contributed by atoms with E-state index >= 15 is 0 Å². The molecule has 0 aromatic rings. The highest BCUT2D eigenvalue weighted by atomic mass is 16.2. The van der Waals surface area contributed by atoms with Gasteiger partial charge in [0.05, 0.1) is 6.04 Å². The van der Waals surface area contributed by atoms with Crippen molar-refractivity contribution in [3.8, 4) is 0 Å². The quantitative estimate of drug-likeness (QED) is 0.812. The third-order valence-corrected chi connectivity index (χ3v) is 5.31. The maximum Gasteiger partial charge on any atom is 0.237 e. The number of amides is 1. The van der Waals surface area contributed by atoms with E-state index in [-0.39, 0.29) is 11.9 Å². The number of hydrogen-bond donors (Lipinski definition) is 2. The monoisotopic (exact) mass is 280 g/mol. The van der Waals surface area contributed by atoms with Gasteiger partial charge in [-0.05, 0) is 50.9 Å². The summed E-state index contributed by atoms with van der Waals surface area (Å²) >= 11 is 0. The Balaban J connectivity index is 1.78. The molecule has 2 fully saturated rings. The predicted molar refractivity (Wildman–Crippen MR) is 83.6 cm³/mol. The zero-order chi connectivity index (χ0) is 14.5. The summed E-state index contributed by atoms with van der Waals surface area (Å²) in [5, 5.41) is 6.82. The van der Waals surface area contributed by atoms with Gasteiger partial charge in [-0.15, -0.1) is 0 Å². The van der Waals surface area contributed by atoms with Crippen LogP contribution in [0, 0.1) is 11.8 Å². The van der Waals surface area contributed by atoms with Gasteiger partial charge in [0.1, 0.15) is 0 Å². The molecule has 3 nitrogen and oxygen atoms in total. The molecule has 116 valence electrons. The minimum atomic E-state index is 0.0498. The first kappa shape index (κ1) is 15.8. The van der Waals surface area contributed by atoms with Crippen molar-refractivity contribution in [3.63, 3.8) is 0 Å². The summed E-state index contributed by atoms with van der Waals surface area (Å²) in [5.41, 5.74) is 0. The van der Waals surface area contributed by atoms with Gasteiger partial charge >= 0.3 is 0 Å². The SMILES string of the molecule is CCC(C)CC(C)NC(=O)C1CCC2CCCCC2N1. The number of piperidine rings is 1. The Bertz CT molecular complexity index is 318. The van der Waals surface area contributed by atoms with Crippen LogP contribution in [0.15, 0.2) is 0 Å². The maximum absolute atomic E-state index is 12.4. The van der Waals surface area contributed by atoms with Crippen LogP contribution in [0.4, 0.5) is 0 Å². The van der Waals surface area contributed by atoms with Crippen LogP contribution in [-0.4, -0.2) is 24.0 Å². The Morgan fingerprint density at radius 2 is 1.95 bits per heavy atom. The Labute approximate surface area is 124 Å². The Morgan fingerprint density at radius 3 is 2.70 bits per heavy atom. The van der Waals surface area contributed by atoms with Crippen molar-refractivity contribution >= 4 is 5.91 Å². The maximum atomic E-state index is 12.4. The third-order valence-electron chi connectivity index (χ3n) is 5.31. The summed E-state index contributed by atoms with van der Waals surface area (Å²) < 4.78 is 0. The lowest BCUT2D eigenvalue weighted by atomic mass is 9.77. The summed E-state index contributed by atoms with van der Waals surface area (Å²) in [7, 11) is 0. The molecule has 2 N–H and O–H groups in total. The third kappa shape index (κ3) is 4.21. The van der Waals surface area contributed by atoms with Gasteiger partial charge < -0.3 is 10.6 Å². The highest BCUT2D eigenvalue weighted by molar-refractivity contribution is 5.82. The zero-order valence-electron chi connectivity index (χ0n) is 13.5. The first-order valence-corrected chi connectivity index (χ1v) is 8.66. The first-order valence-electron chi connectivity index (χ1n) is 8.66. The molecule has 1 heterocycles. The van der Waals surface area contributed by atoms with Crippen molar-refractivity contribution in [2.24, 2.45) is 11.8 Å². The molecule has 0 aromatic carbocycles. The summed E-state index contributed by atoms with van der Waals surface area (Å²) in [6, 6.07) is 0.940. The number of fused-ring (bicyclic) bond motifs is 1. The van der Waals surface area contributed by atoms with E-state index in [4.69, 9.17) is 0 Å². The van der Waals surface area contributed by atoms with Crippen LogP contribution in [0.25, 0.3) is 0 Å². The van der Waals surface area contributed by atoms with Gasteiger partial charge in [-0.3, -0.25) is 4.79 Å². The van der Waals surface area contributed by atoms with Crippen LogP contribution in [0.3, 0.4) is 0 Å². The van der Waals surface area contributed by atoms with Gasteiger partial charge in [-0.1, -0.05) is 33.1 Å². The summed E-state index contributed by atoms with van der Waals surface area (Å²) in [6.45, 7) is 6.61. The van der Waals surface area contributed by atoms with E-state index in [1.807, 2.05) is 0 Å². The number of nitrogens with one attached hydrogen (secondary N) is 2. The first-order chi connectivity index (χ1) is 9.60. The number of carbonyl (C=O) groups excluding carboxylic acids is 1. The molecule has 0 radical (unpaired) electrons. The lowest BCUT2D eigenvalue weighted by Gasteiger charge is -2.40. The van der Waals surface area contributed by atoms with E-state index in [1.54, 1.807) is 0 Å². The molecule has 1 saturated carbocycles. The van der Waals surface area contributed by atoms with Crippen molar-refractivity contribution in [1.82, 2.24) is 10.6 Å². The van der Waals surface area contributed by atoms with Gasteiger partial charge in [0.25, 0.3) is 0 Å². The summed E-state index contributed by atoms with van der Waals surface area (Å²) in [5.74, 6) is 1.74. The Kier molecular flexibility index (Phi) is 5.88. The summed E-state index contributed by atoms with van der Waals surface area (Å²) in [6.07, 6.45) is 9.84. The van der Waals surface area contributed by atoms with Gasteiger partial charge in [0, 0.05) is 12.1 Å². The number of hydrogen-bond acceptors (Lipinski definition) is 2. The Morgan fingerprint density at radius 1 is 1.20 bits per heavy atom. The lowest BCUT2D eigenvalue weighted by Crippen LogP contribution is -2.56. The second-order valence-electron chi connectivity index (χ2n) is 7.11. The molecule has 0 aromatic heterocycles. The van der Waals surface area contributed by atoms with Gasteiger partial charge in [0.15, 0.2) is 0 Å². The van der Waals surface area contributed by atoms with Gasteiger partial charge in [-0.25, -0.2) is 0 Å². The average molecular weight is 280 g/mol. The predicted octanol–water partition coefficient (Wildman–Crippen LogP) is 3.24. The normalized spacial score (nSPS) is 33.0. The second-order valence-corrected chi connectivity index (χ2v) is 7.11. The van der Waals surface area contributed by atoms with Crippen LogP contribution < -0.4 is 10.6 Å². The Hall–Kier alpha value is -0.570. The van der Waals surface area contributed by atoms with Crippen molar-refractivity contribution < 1.29 is 4.79 Å². The fourth-order valence-corrected chi connectivity index (χ4v) is 3.87. The van der Waals surface area contributed by atoms with Crippen molar-refractivity contribution in [2.75, 3.05) is 0 Å². The van der Waals surface area contributed by atoms with Crippen LogP contribution in [-0.2, 0) is 4.79 Å². The van der Waals surface area contributed by atoms with Gasteiger partial charge in [-0.2, -0.15) is 0 Å². The second kappa shape index (κ2) is 7.44. The minimum Gasteiger partial charge on any atom is -0.352 e. The van der Waals surface area contributed by atoms with Crippen LogP contribution in [0.5, 0.6) is 0 Å². The largest absolute Gasteiger partial charge is 0.352 e. The van der Waals surface area contributed by atoms with E-state index < -0.39 is 0 Å². The molecule has 1 saturated heterocycles. The molecule has 1 aliphatic carbocycles. The molecule has 3 heteroatoms. The molecule has 5 unspecified atom stereocenters. The molecule has 2 rings (SSSR count).